The molecule has 0 bridgehead atoms. The number of nitrogens with zero attached hydrogens (tertiary/aromatic N) is 6. The van der Waals surface area contributed by atoms with Crippen molar-refractivity contribution >= 4 is 45.9 Å². The number of aromatic nitrogens is 3. The first kappa shape index (κ1) is 27.8. The van der Waals surface area contributed by atoms with E-state index in [2.05, 4.69) is 42.5 Å². The maximum Gasteiger partial charge on any atom is 0.247 e. The summed E-state index contributed by atoms with van der Waals surface area (Å²) >= 11 is 0. The Morgan fingerprint density at radius 1 is 1.24 bits per heavy atom. The molecule has 0 spiro atoms. The van der Waals surface area contributed by atoms with Crippen molar-refractivity contribution in [3.05, 3.63) is 66.5 Å². The summed E-state index contributed by atoms with van der Waals surface area (Å²) in [6.45, 7) is 5.89. The van der Waals surface area contributed by atoms with Crippen molar-refractivity contribution in [2.75, 3.05) is 68.8 Å². The smallest absolute Gasteiger partial charge is 0.247 e. The molecule has 11 nitrogen and oxygen atoms in total. The minimum Gasteiger partial charge on any atom is -0.494 e. The van der Waals surface area contributed by atoms with E-state index in [0.29, 0.717) is 30.1 Å². The Morgan fingerprint density at radius 3 is 2.83 bits per heavy atom. The first-order valence-corrected chi connectivity index (χ1v) is 13.3. The van der Waals surface area contributed by atoms with E-state index in [1.54, 1.807) is 25.6 Å². The number of amides is 1. The third-order valence-electron chi connectivity index (χ3n) is 7.03. The molecule has 0 radical (unpaired) electrons. The molecule has 41 heavy (non-hydrogen) atoms. The molecule has 0 aliphatic carbocycles. The molecule has 3 aromatic rings. The fraction of sp³-hybridized carbons (Fsp3) is 0.310. The topological polar surface area (TPSA) is 111 Å². The van der Waals surface area contributed by atoms with Gasteiger partial charge in [0.2, 0.25) is 11.9 Å². The number of anilines is 5. The molecule has 3 N–H and O–H groups in total. The summed E-state index contributed by atoms with van der Waals surface area (Å²) in [5, 5.41) is 8.07. The average molecular weight is 560 g/mol. The molecular weight excluding hydrogens is 525 g/mol. The van der Waals surface area contributed by atoms with Crippen LogP contribution in [0.1, 0.15) is 24.1 Å². The lowest BCUT2D eigenvalue weighted by Gasteiger charge is -2.28. The molecule has 0 saturated heterocycles. The SMILES string of the molecule is C=CC(=O)Nc1cc(Nc2ncc(F)c(C3=C4c5ccncc5NN4CCC3)n2)c(OC)cc1N(C)CCN(C)C. The van der Waals surface area contributed by atoms with Crippen LogP contribution in [0.15, 0.2) is 49.4 Å². The molecule has 0 atom stereocenters. The van der Waals surface area contributed by atoms with Gasteiger partial charge in [0, 0.05) is 50.1 Å². The predicted octanol–water partition coefficient (Wildman–Crippen LogP) is 4.19. The molecule has 1 amide bonds. The molecule has 2 aliphatic rings. The Kier molecular flexibility index (Phi) is 8.02. The number of likely N-dealkylation sites (N-methyl/N-ethyl adjacent to an activating group) is 2. The van der Waals surface area contributed by atoms with Crippen LogP contribution in [0.25, 0.3) is 11.3 Å². The third-order valence-corrected chi connectivity index (χ3v) is 7.03. The fourth-order valence-corrected chi connectivity index (χ4v) is 4.96. The molecule has 4 heterocycles. The van der Waals surface area contributed by atoms with Crippen LogP contribution in [0.5, 0.6) is 5.75 Å². The molecule has 0 unspecified atom stereocenters. The Balaban J connectivity index is 1.53. The fourth-order valence-electron chi connectivity index (χ4n) is 4.96. The molecule has 0 saturated carbocycles. The Bertz CT molecular complexity index is 1510. The van der Waals surface area contributed by atoms with Gasteiger partial charge in [-0.1, -0.05) is 6.58 Å². The number of benzene rings is 1. The number of methoxy groups -OCH3 is 1. The predicted molar refractivity (Wildman–Crippen MR) is 160 cm³/mol. The highest BCUT2D eigenvalue weighted by Crippen LogP contribution is 2.43. The summed E-state index contributed by atoms with van der Waals surface area (Å²) in [4.78, 5) is 29.4. The highest BCUT2D eigenvalue weighted by molar-refractivity contribution is 6.02. The average Bonchev–Trinajstić information content (AvgIpc) is 3.36. The van der Waals surface area contributed by atoms with Crippen molar-refractivity contribution in [2.45, 2.75) is 12.8 Å². The van der Waals surface area contributed by atoms with E-state index in [1.807, 2.05) is 43.2 Å². The lowest BCUT2D eigenvalue weighted by atomic mass is 9.96. The van der Waals surface area contributed by atoms with Gasteiger partial charge in [0.1, 0.15) is 11.4 Å². The number of nitrogens with one attached hydrogen (secondary N) is 3. The van der Waals surface area contributed by atoms with Gasteiger partial charge in [-0.2, -0.15) is 0 Å². The Labute approximate surface area is 238 Å². The minimum absolute atomic E-state index is 0.195. The standard InChI is InChI=1S/C29H34FN9O2/c1-6-26(40)33-21-14-22(25(41-5)15-24(21)38(4)13-12-37(2)3)34-29-32-16-20(30)27(35-29)19-8-7-11-39-28(19)18-9-10-31-17-23(18)36-39/h6,9-10,14-17,36H,1,7-8,11-13H2,2-5H3,(H,33,40)(H,32,34,35). The highest BCUT2D eigenvalue weighted by atomic mass is 19.1. The van der Waals surface area contributed by atoms with Crippen molar-refractivity contribution in [3.63, 3.8) is 0 Å². The summed E-state index contributed by atoms with van der Waals surface area (Å²) < 4.78 is 21.0. The number of rotatable bonds is 10. The number of hydrogen-bond donors (Lipinski definition) is 3. The minimum atomic E-state index is -0.508. The molecule has 12 heteroatoms. The second-order valence-corrected chi connectivity index (χ2v) is 10.1. The van der Waals surface area contributed by atoms with Gasteiger partial charge in [0.25, 0.3) is 0 Å². The summed E-state index contributed by atoms with van der Waals surface area (Å²) in [7, 11) is 7.50. The van der Waals surface area contributed by atoms with Gasteiger partial charge < -0.3 is 25.2 Å². The van der Waals surface area contributed by atoms with E-state index in [0.717, 1.165) is 47.7 Å². The van der Waals surface area contributed by atoms with Crippen molar-refractivity contribution in [1.82, 2.24) is 24.9 Å². The number of hydrogen-bond acceptors (Lipinski definition) is 10. The quantitative estimate of drug-likeness (QED) is 0.313. The lowest BCUT2D eigenvalue weighted by Crippen LogP contribution is -2.29. The number of fused-ring (bicyclic) bond motifs is 3. The normalized spacial score (nSPS) is 13.9. The summed E-state index contributed by atoms with van der Waals surface area (Å²) in [5.41, 5.74) is 8.93. The van der Waals surface area contributed by atoms with E-state index in [4.69, 9.17) is 4.74 Å². The highest BCUT2D eigenvalue weighted by Gasteiger charge is 2.32. The maximum absolute atomic E-state index is 15.3. The number of hydrazine groups is 1. The summed E-state index contributed by atoms with van der Waals surface area (Å²) in [5.74, 6) is -0.151. The van der Waals surface area contributed by atoms with Crippen LogP contribution in [0.2, 0.25) is 0 Å². The monoisotopic (exact) mass is 559 g/mol. The first-order chi connectivity index (χ1) is 19.8. The van der Waals surface area contributed by atoms with Gasteiger partial charge in [0.15, 0.2) is 5.82 Å². The van der Waals surface area contributed by atoms with Crippen molar-refractivity contribution in [3.8, 4) is 5.75 Å². The second-order valence-electron chi connectivity index (χ2n) is 10.1. The van der Waals surface area contributed by atoms with Crippen LogP contribution in [-0.2, 0) is 4.79 Å². The number of carbonyl (C=O) groups is 1. The van der Waals surface area contributed by atoms with Crippen molar-refractivity contribution < 1.29 is 13.9 Å². The maximum atomic E-state index is 15.3. The molecule has 214 valence electrons. The van der Waals surface area contributed by atoms with Gasteiger partial charge in [0.05, 0.1) is 48.0 Å². The zero-order chi connectivity index (χ0) is 29.1. The molecule has 5 rings (SSSR count). The number of pyridine rings is 1. The first-order valence-electron chi connectivity index (χ1n) is 13.3. The molecule has 2 aromatic heterocycles. The summed E-state index contributed by atoms with van der Waals surface area (Å²) in [6.07, 6.45) is 7.37. The van der Waals surface area contributed by atoms with Crippen LogP contribution in [-0.4, -0.2) is 78.7 Å². The van der Waals surface area contributed by atoms with Crippen molar-refractivity contribution in [2.24, 2.45) is 0 Å². The van der Waals surface area contributed by atoms with Gasteiger partial charge in [-0.3, -0.25) is 20.2 Å². The van der Waals surface area contributed by atoms with Crippen LogP contribution in [0, 0.1) is 5.82 Å². The van der Waals surface area contributed by atoms with Gasteiger partial charge in [-0.05, 0) is 45.1 Å². The van der Waals surface area contributed by atoms with Gasteiger partial charge in [-0.25, -0.2) is 14.4 Å². The van der Waals surface area contributed by atoms with Crippen LogP contribution in [0.3, 0.4) is 0 Å². The Hall–Kier alpha value is -4.71. The van der Waals surface area contributed by atoms with Crippen LogP contribution in [0.4, 0.5) is 33.1 Å². The second kappa shape index (κ2) is 11.8. The molecule has 2 aliphatic heterocycles. The Morgan fingerprint density at radius 2 is 2.07 bits per heavy atom. The van der Waals surface area contributed by atoms with E-state index < -0.39 is 5.82 Å². The van der Waals surface area contributed by atoms with Crippen molar-refractivity contribution in [1.29, 1.82) is 0 Å². The van der Waals surface area contributed by atoms with Crippen LogP contribution >= 0.6 is 0 Å². The lowest BCUT2D eigenvalue weighted by molar-refractivity contribution is -0.111. The van der Waals surface area contributed by atoms with E-state index in [1.165, 1.54) is 12.3 Å². The number of ether oxygens (including phenoxy) is 1. The van der Waals surface area contributed by atoms with E-state index in [-0.39, 0.29) is 17.5 Å². The number of carbonyl (C=O) groups excluding carboxylic acids is 1. The van der Waals surface area contributed by atoms with Gasteiger partial charge >= 0.3 is 0 Å². The number of allylic oxidation sites excluding steroid dienone is 1. The van der Waals surface area contributed by atoms with E-state index in [9.17, 15) is 4.79 Å². The molecule has 1 aromatic carbocycles. The summed E-state index contributed by atoms with van der Waals surface area (Å²) in [6, 6.07) is 5.50. The van der Waals surface area contributed by atoms with E-state index >= 15 is 4.39 Å². The largest absolute Gasteiger partial charge is 0.494 e. The third kappa shape index (κ3) is 5.78. The number of halogens is 1. The molecular formula is C29H34FN9O2. The zero-order valence-electron chi connectivity index (χ0n) is 23.7. The van der Waals surface area contributed by atoms with Gasteiger partial charge in [-0.15, -0.1) is 0 Å². The van der Waals surface area contributed by atoms with Crippen LogP contribution < -0.4 is 25.7 Å². The molecule has 0 fully saturated rings. The zero-order valence-corrected chi connectivity index (χ0v) is 23.7.